The molecule has 0 saturated carbocycles. The predicted octanol–water partition coefficient (Wildman–Crippen LogP) is 1.41. The third-order valence-corrected chi connectivity index (χ3v) is 3.06. The Balaban J connectivity index is 2.43. The van der Waals surface area contributed by atoms with Crippen LogP contribution >= 0.6 is 11.8 Å². The van der Waals surface area contributed by atoms with Gasteiger partial charge in [0.2, 0.25) is 5.91 Å². The highest BCUT2D eigenvalue weighted by molar-refractivity contribution is 7.99. The topological polar surface area (TPSA) is 29.1 Å². The van der Waals surface area contributed by atoms with Crippen molar-refractivity contribution in [3.63, 3.8) is 0 Å². The van der Waals surface area contributed by atoms with Gasteiger partial charge in [-0.2, -0.15) is 11.8 Å². The number of hydrogen-bond donors (Lipinski definition) is 1. The first-order valence-electron chi connectivity index (χ1n) is 3.99. The SMILES string of the molecule is CC(=O)NC1(C)CCSCC1. The van der Waals surface area contributed by atoms with Gasteiger partial charge in [-0.1, -0.05) is 0 Å². The molecule has 0 atom stereocenters. The number of carbonyl (C=O) groups is 1. The smallest absolute Gasteiger partial charge is 0.217 e. The van der Waals surface area contributed by atoms with E-state index in [9.17, 15) is 4.79 Å². The molecular formula is C8H15NOS. The van der Waals surface area contributed by atoms with Crippen LogP contribution in [0.3, 0.4) is 0 Å². The number of carbonyl (C=O) groups excluding carboxylic acids is 1. The standard InChI is InChI=1S/C8H15NOS/c1-7(10)9-8(2)3-5-11-6-4-8/h3-6H2,1-2H3,(H,9,10). The lowest BCUT2D eigenvalue weighted by molar-refractivity contribution is -0.120. The molecule has 0 aromatic rings. The van der Waals surface area contributed by atoms with Crippen LogP contribution in [-0.2, 0) is 4.79 Å². The van der Waals surface area contributed by atoms with Gasteiger partial charge in [-0.3, -0.25) is 4.79 Å². The number of nitrogens with one attached hydrogen (secondary N) is 1. The van der Waals surface area contributed by atoms with Gasteiger partial charge in [0, 0.05) is 12.5 Å². The molecule has 0 aromatic heterocycles. The van der Waals surface area contributed by atoms with Crippen molar-refractivity contribution in [1.82, 2.24) is 5.32 Å². The zero-order chi connectivity index (χ0) is 8.32. The number of rotatable bonds is 1. The average Bonchev–Trinajstić information content (AvgIpc) is 1.85. The van der Waals surface area contributed by atoms with Gasteiger partial charge in [0.05, 0.1) is 0 Å². The van der Waals surface area contributed by atoms with Gasteiger partial charge >= 0.3 is 0 Å². The van der Waals surface area contributed by atoms with Gasteiger partial charge in [0.15, 0.2) is 0 Å². The molecule has 1 aliphatic rings. The highest BCUT2D eigenvalue weighted by atomic mass is 32.2. The maximum absolute atomic E-state index is 10.8. The van der Waals surface area contributed by atoms with Crippen LogP contribution in [0, 0.1) is 0 Å². The van der Waals surface area contributed by atoms with Crippen molar-refractivity contribution >= 4 is 17.7 Å². The summed E-state index contributed by atoms with van der Waals surface area (Å²) >= 11 is 1.97. The van der Waals surface area contributed by atoms with Crippen molar-refractivity contribution in [2.24, 2.45) is 0 Å². The van der Waals surface area contributed by atoms with E-state index in [1.165, 1.54) is 11.5 Å². The summed E-state index contributed by atoms with van der Waals surface area (Å²) in [6.07, 6.45) is 2.22. The molecule has 1 heterocycles. The van der Waals surface area contributed by atoms with E-state index < -0.39 is 0 Å². The summed E-state index contributed by atoms with van der Waals surface area (Å²) in [4.78, 5) is 10.8. The van der Waals surface area contributed by atoms with Crippen molar-refractivity contribution in [1.29, 1.82) is 0 Å². The molecule has 0 spiro atoms. The molecule has 1 amide bonds. The Bertz CT molecular complexity index is 152. The van der Waals surface area contributed by atoms with E-state index in [4.69, 9.17) is 0 Å². The summed E-state index contributed by atoms with van der Waals surface area (Å²) in [7, 11) is 0. The summed E-state index contributed by atoms with van der Waals surface area (Å²) in [5, 5.41) is 3.01. The number of hydrogen-bond acceptors (Lipinski definition) is 2. The lowest BCUT2D eigenvalue weighted by Gasteiger charge is -2.33. The van der Waals surface area contributed by atoms with Crippen LogP contribution in [-0.4, -0.2) is 23.0 Å². The van der Waals surface area contributed by atoms with Crippen LogP contribution in [0.25, 0.3) is 0 Å². The summed E-state index contributed by atoms with van der Waals surface area (Å²) in [5.41, 5.74) is 0.0804. The summed E-state index contributed by atoms with van der Waals surface area (Å²) in [6.45, 7) is 3.72. The van der Waals surface area contributed by atoms with E-state index in [0.29, 0.717) is 0 Å². The predicted molar refractivity (Wildman–Crippen MR) is 48.8 cm³/mol. The maximum atomic E-state index is 10.8. The molecule has 1 N–H and O–H groups in total. The first kappa shape index (κ1) is 8.91. The Labute approximate surface area is 72.1 Å². The second kappa shape index (κ2) is 3.48. The Morgan fingerprint density at radius 2 is 2.00 bits per heavy atom. The molecule has 64 valence electrons. The first-order valence-corrected chi connectivity index (χ1v) is 5.14. The minimum Gasteiger partial charge on any atom is -0.351 e. The molecular weight excluding hydrogens is 158 g/mol. The van der Waals surface area contributed by atoms with Gasteiger partial charge in [-0.15, -0.1) is 0 Å². The monoisotopic (exact) mass is 173 g/mol. The first-order chi connectivity index (χ1) is 5.12. The third kappa shape index (κ3) is 2.73. The lowest BCUT2D eigenvalue weighted by atomic mass is 9.95. The van der Waals surface area contributed by atoms with Crippen molar-refractivity contribution < 1.29 is 4.79 Å². The van der Waals surface area contributed by atoms with E-state index in [-0.39, 0.29) is 11.4 Å². The summed E-state index contributed by atoms with van der Waals surface area (Å²) in [6, 6.07) is 0. The van der Waals surface area contributed by atoms with E-state index in [1.54, 1.807) is 6.92 Å². The van der Waals surface area contributed by atoms with Crippen LogP contribution in [0.1, 0.15) is 26.7 Å². The number of thioether (sulfide) groups is 1. The van der Waals surface area contributed by atoms with Crippen LogP contribution in [0.2, 0.25) is 0 Å². The van der Waals surface area contributed by atoms with Gasteiger partial charge < -0.3 is 5.32 Å². The molecule has 0 unspecified atom stereocenters. The van der Waals surface area contributed by atoms with Gasteiger partial charge in [0.1, 0.15) is 0 Å². The fraction of sp³-hybridized carbons (Fsp3) is 0.875. The fourth-order valence-corrected chi connectivity index (χ4v) is 2.77. The molecule has 1 aliphatic heterocycles. The van der Waals surface area contributed by atoms with E-state index in [1.807, 2.05) is 11.8 Å². The Morgan fingerprint density at radius 1 is 1.45 bits per heavy atom. The molecule has 3 heteroatoms. The molecule has 11 heavy (non-hydrogen) atoms. The van der Waals surface area contributed by atoms with E-state index >= 15 is 0 Å². The highest BCUT2D eigenvalue weighted by Crippen LogP contribution is 2.26. The fourth-order valence-electron chi connectivity index (χ4n) is 1.37. The van der Waals surface area contributed by atoms with E-state index in [2.05, 4.69) is 12.2 Å². The van der Waals surface area contributed by atoms with Gasteiger partial charge in [0.25, 0.3) is 0 Å². The molecule has 1 rings (SSSR count). The molecule has 2 nitrogen and oxygen atoms in total. The number of amides is 1. The maximum Gasteiger partial charge on any atom is 0.217 e. The van der Waals surface area contributed by atoms with Gasteiger partial charge in [-0.05, 0) is 31.3 Å². The van der Waals surface area contributed by atoms with Crippen LogP contribution in [0.5, 0.6) is 0 Å². The van der Waals surface area contributed by atoms with Crippen molar-refractivity contribution in [3.05, 3.63) is 0 Å². The zero-order valence-electron chi connectivity index (χ0n) is 7.14. The minimum atomic E-state index is 0.0804. The quantitative estimate of drug-likeness (QED) is 0.649. The molecule has 0 aliphatic carbocycles. The minimum absolute atomic E-state index is 0.0804. The van der Waals surface area contributed by atoms with Crippen LogP contribution in [0.15, 0.2) is 0 Å². The second-order valence-electron chi connectivity index (χ2n) is 3.35. The zero-order valence-corrected chi connectivity index (χ0v) is 7.96. The Morgan fingerprint density at radius 3 is 2.45 bits per heavy atom. The normalized spacial score (nSPS) is 22.7. The average molecular weight is 173 g/mol. The molecule has 1 saturated heterocycles. The third-order valence-electron chi connectivity index (χ3n) is 2.07. The molecule has 0 aromatic carbocycles. The van der Waals surface area contributed by atoms with Crippen molar-refractivity contribution in [3.8, 4) is 0 Å². The molecule has 1 fully saturated rings. The molecule has 0 radical (unpaired) electrons. The highest BCUT2D eigenvalue weighted by Gasteiger charge is 2.27. The van der Waals surface area contributed by atoms with E-state index in [0.717, 1.165) is 12.8 Å². The lowest BCUT2D eigenvalue weighted by Crippen LogP contribution is -2.47. The van der Waals surface area contributed by atoms with Crippen LogP contribution < -0.4 is 5.32 Å². The summed E-state index contributed by atoms with van der Waals surface area (Å²) in [5.74, 6) is 2.45. The Kier molecular flexibility index (Phi) is 2.82. The molecule has 0 bridgehead atoms. The Hall–Kier alpha value is -0.180. The van der Waals surface area contributed by atoms with Gasteiger partial charge in [-0.25, -0.2) is 0 Å². The largest absolute Gasteiger partial charge is 0.351 e. The summed E-state index contributed by atoms with van der Waals surface area (Å²) < 4.78 is 0. The second-order valence-corrected chi connectivity index (χ2v) is 4.58. The van der Waals surface area contributed by atoms with Crippen LogP contribution in [0.4, 0.5) is 0 Å². The van der Waals surface area contributed by atoms with Crippen molar-refractivity contribution in [2.45, 2.75) is 32.2 Å². The van der Waals surface area contributed by atoms with Crippen molar-refractivity contribution in [2.75, 3.05) is 11.5 Å².